The molecule has 0 saturated carbocycles. The highest BCUT2D eigenvalue weighted by molar-refractivity contribution is 8.00. The lowest BCUT2D eigenvalue weighted by Crippen LogP contribution is -2.49. The van der Waals surface area contributed by atoms with E-state index in [1.54, 1.807) is 21.9 Å². The number of non-ortho nitro benzene ring substituents is 1. The first-order valence-electron chi connectivity index (χ1n) is 9.32. The number of nitro groups is 2. The fourth-order valence-electron chi connectivity index (χ4n) is 3.21. The first kappa shape index (κ1) is 23.3. The topological polar surface area (TPSA) is 110 Å². The maximum atomic E-state index is 12.9. The molecular weight excluding hydrogens is 453 g/mol. The van der Waals surface area contributed by atoms with Crippen LogP contribution in [0.25, 0.3) is 0 Å². The van der Waals surface area contributed by atoms with E-state index in [0.717, 1.165) is 12.1 Å². The van der Waals surface area contributed by atoms with E-state index in [2.05, 4.69) is 0 Å². The third kappa shape index (κ3) is 5.46. The van der Waals surface area contributed by atoms with Gasteiger partial charge in [-0.1, -0.05) is 0 Å². The van der Waals surface area contributed by atoms with Gasteiger partial charge >= 0.3 is 6.18 Å². The fourth-order valence-corrected chi connectivity index (χ4v) is 4.01. The van der Waals surface area contributed by atoms with Crippen molar-refractivity contribution in [3.8, 4) is 0 Å². The summed E-state index contributed by atoms with van der Waals surface area (Å²) >= 11 is 1.23. The van der Waals surface area contributed by atoms with E-state index in [-0.39, 0.29) is 49.2 Å². The van der Waals surface area contributed by atoms with E-state index in [0.29, 0.717) is 11.0 Å². The first-order chi connectivity index (χ1) is 15.1. The smallest absolute Gasteiger partial charge is 0.362 e. The number of piperazine rings is 1. The average Bonchev–Trinajstić information content (AvgIpc) is 2.76. The summed E-state index contributed by atoms with van der Waals surface area (Å²) in [4.78, 5) is 36.9. The predicted octanol–water partition coefficient (Wildman–Crippen LogP) is 3.96. The third-order valence-electron chi connectivity index (χ3n) is 4.88. The number of alkyl halides is 3. The quantitative estimate of drug-likeness (QED) is 0.357. The molecule has 0 unspecified atom stereocenters. The fraction of sp³-hybridized carbons (Fsp3) is 0.316. The number of rotatable bonds is 6. The molecule has 13 heteroatoms. The standard InChI is InChI=1S/C19H17F3N4O5S/c20-19(21,22)13-1-6-16(17(11-13)26(30)31)23-7-9-24(10-8-23)18(27)12-32-15-4-2-14(3-5-15)25(28)29/h1-6,11H,7-10,12H2. The van der Waals surface area contributed by atoms with Gasteiger partial charge in [-0.3, -0.25) is 25.0 Å². The van der Waals surface area contributed by atoms with Crippen LogP contribution in [0.1, 0.15) is 5.56 Å². The molecule has 0 N–H and O–H groups in total. The van der Waals surface area contributed by atoms with Crippen molar-refractivity contribution in [2.24, 2.45) is 0 Å². The van der Waals surface area contributed by atoms with Crippen molar-refractivity contribution in [1.29, 1.82) is 0 Å². The molecule has 1 fully saturated rings. The van der Waals surface area contributed by atoms with E-state index >= 15 is 0 Å². The van der Waals surface area contributed by atoms with Gasteiger partial charge in [-0.25, -0.2) is 0 Å². The van der Waals surface area contributed by atoms with Gasteiger partial charge in [0.1, 0.15) is 5.69 Å². The molecular formula is C19H17F3N4O5S. The maximum Gasteiger partial charge on any atom is 0.416 e. The van der Waals surface area contributed by atoms with Gasteiger partial charge in [0.2, 0.25) is 5.91 Å². The highest BCUT2D eigenvalue weighted by Crippen LogP contribution is 2.36. The molecule has 1 amide bonds. The molecule has 2 aromatic carbocycles. The molecule has 1 heterocycles. The lowest BCUT2D eigenvalue weighted by atomic mass is 10.1. The number of halogens is 3. The molecule has 0 bridgehead atoms. The second kappa shape index (κ2) is 9.42. The van der Waals surface area contributed by atoms with E-state index < -0.39 is 27.3 Å². The summed E-state index contributed by atoms with van der Waals surface area (Å²) in [6, 6.07) is 8.22. The minimum Gasteiger partial charge on any atom is -0.362 e. The largest absolute Gasteiger partial charge is 0.416 e. The van der Waals surface area contributed by atoms with Crippen LogP contribution in [-0.4, -0.2) is 52.6 Å². The van der Waals surface area contributed by atoms with E-state index in [1.807, 2.05) is 0 Å². The van der Waals surface area contributed by atoms with Crippen LogP contribution in [0.15, 0.2) is 47.4 Å². The molecule has 0 atom stereocenters. The van der Waals surface area contributed by atoms with Gasteiger partial charge in [-0.15, -0.1) is 11.8 Å². The lowest BCUT2D eigenvalue weighted by molar-refractivity contribution is -0.384. The van der Waals surface area contributed by atoms with Gasteiger partial charge in [0.15, 0.2) is 0 Å². The molecule has 0 radical (unpaired) electrons. The Morgan fingerprint density at radius 2 is 1.59 bits per heavy atom. The first-order valence-corrected chi connectivity index (χ1v) is 10.3. The van der Waals surface area contributed by atoms with Crippen LogP contribution in [0.3, 0.4) is 0 Å². The van der Waals surface area contributed by atoms with Crippen molar-refractivity contribution >= 4 is 34.7 Å². The molecule has 3 rings (SSSR count). The van der Waals surface area contributed by atoms with Crippen LogP contribution < -0.4 is 4.90 Å². The monoisotopic (exact) mass is 470 g/mol. The molecule has 170 valence electrons. The third-order valence-corrected chi connectivity index (χ3v) is 5.88. The number of nitrogens with zero attached hydrogens (tertiary/aromatic N) is 4. The van der Waals surface area contributed by atoms with E-state index in [4.69, 9.17) is 0 Å². The zero-order valence-corrected chi connectivity index (χ0v) is 17.3. The summed E-state index contributed by atoms with van der Waals surface area (Å²) in [5.74, 6) is -0.0620. The number of benzene rings is 2. The van der Waals surface area contributed by atoms with Crippen LogP contribution in [0.5, 0.6) is 0 Å². The van der Waals surface area contributed by atoms with Gasteiger partial charge < -0.3 is 9.80 Å². The van der Waals surface area contributed by atoms with Crippen LogP contribution in [0.2, 0.25) is 0 Å². The number of anilines is 1. The minimum atomic E-state index is -4.68. The van der Waals surface area contributed by atoms with Gasteiger partial charge in [0, 0.05) is 49.3 Å². The Labute approximate surface area is 184 Å². The van der Waals surface area contributed by atoms with Crippen molar-refractivity contribution in [2.45, 2.75) is 11.1 Å². The molecule has 0 aromatic heterocycles. The molecule has 2 aromatic rings. The Hall–Kier alpha value is -3.35. The summed E-state index contributed by atoms with van der Waals surface area (Å²) in [6.07, 6.45) is -4.68. The summed E-state index contributed by atoms with van der Waals surface area (Å²) in [6.45, 7) is 0.996. The zero-order chi connectivity index (χ0) is 23.5. The highest BCUT2D eigenvalue weighted by atomic mass is 32.2. The Balaban J connectivity index is 1.59. The predicted molar refractivity (Wildman–Crippen MR) is 111 cm³/mol. The summed E-state index contributed by atoms with van der Waals surface area (Å²) in [5, 5.41) is 22.0. The molecule has 32 heavy (non-hydrogen) atoms. The Bertz CT molecular complexity index is 1020. The van der Waals surface area contributed by atoms with Crippen molar-refractivity contribution in [2.75, 3.05) is 36.8 Å². The minimum absolute atomic E-state index is 0.0471. The lowest BCUT2D eigenvalue weighted by Gasteiger charge is -2.35. The molecule has 1 aliphatic heterocycles. The average molecular weight is 470 g/mol. The normalized spacial score (nSPS) is 14.3. The number of hydrogen-bond donors (Lipinski definition) is 0. The van der Waals surface area contributed by atoms with Gasteiger partial charge in [0.05, 0.1) is 21.2 Å². The van der Waals surface area contributed by atoms with Crippen LogP contribution in [0.4, 0.5) is 30.2 Å². The second-order valence-electron chi connectivity index (χ2n) is 6.87. The number of hydrogen-bond acceptors (Lipinski definition) is 7. The Morgan fingerprint density at radius 1 is 0.969 bits per heavy atom. The number of amides is 1. The summed E-state index contributed by atoms with van der Waals surface area (Å²) in [5.41, 5.74) is -1.69. The van der Waals surface area contributed by atoms with Crippen molar-refractivity contribution in [1.82, 2.24) is 4.90 Å². The Kier molecular flexibility index (Phi) is 6.87. The SMILES string of the molecule is O=C(CSc1ccc([N+](=O)[O-])cc1)N1CCN(c2ccc(C(F)(F)F)cc2[N+](=O)[O-])CC1. The molecule has 9 nitrogen and oxygen atoms in total. The number of carbonyl (C=O) groups excluding carboxylic acids is 1. The van der Waals surface area contributed by atoms with Crippen molar-refractivity contribution in [3.63, 3.8) is 0 Å². The van der Waals surface area contributed by atoms with E-state index in [9.17, 15) is 38.2 Å². The highest BCUT2D eigenvalue weighted by Gasteiger charge is 2.34. The van der Waals surface area contributed by atoms with Gasteiger partial charge in [-0.05, 0) is 24.3 Å². The van der Waals surface area contributed by atoms with Crippen LogP contribution >= 0.6 is 11.8 Å². The maximum absolute atomic E-state index is 12.9. The van der Waals surface area contributed by atoms with E-state index in [1.165, 1.54) is 23.9 Å². The summed E-state index contributed by atoms with van der Waals surface area (Å²) < 4.78 is 38.7. The van der Waals surface area contributed by atoms with Crippen molar-refractivity contribution in [3.05, 3.63) is 68.3 Å². The van der Waals surface area contributed by atoms with Crippen LogP contribution in [-0.2, 0) is 11.0 Å². The zero-order valence-electron chi connectivity index (χ0n) is 16.4. The molecule has 1 saturated heterocycles. The molecule has 1 aliphatic rings. The molecule has 0 spiro atoms. The number of nitro benzene ring substituents is 2. The molecule has 0 aliphatic carbocycles. The Morgan fingerprint density at radius 3 is 2.12 bits per heavy atom. The van der Waals surface area contributed by atoms with Gasteiger partial charge in [0.25, 0.3) is 11.4 Å². The number of carbonyl (C=O) groups is 1. The second-order valence-corrected chi connectivity index (χ2v) is 7.91. The number of thioether (sulfide) groups is 1. The van der Waals surface area contributed by atoms with Crippen LogP contribution in [0, 0.1) is 20.2 Å². The van der Waals surface area contributed by atoms with Gasteiger partial charge in [-0.2, -0.15) is 13.2 Å². The summed E-state index contributed by atoms with van der Waals surface area (Å²) in [7, 11) is 0. The van der Waals surface area contributed by atoms with Crippen molar-refractivity contribution < 1.29 is 27.8 Å².